The van der Waals surface area contributed by atoms with E-state index in [0.717, 1.165) is 12.1 Å². The SMILES string of the molecule is O=C(O)c1ccccc1C=NNc1ccc(C(F)(F)F)cn1. The molecule has 2 rings (SSSR count). The van der Waals surface area contributed by atoms with E-state index >= 15 is 0 Å². The van der Waals surface area contributed by atoms with Crippen LogP contribution in [-0.2, 0) is 6.18 Å². The minimum absolute atomic E-state index is 0.0634. The van der Waals surface area contributed by atoms with Crippen LogP contribution in [0.1, 0.15) is 21.5 Å². The number of pyridine rings is 1. The van der Waals surface area contributed by atoms with E-state index < -0.39 is 17.7 Å². The highest BCUT2D eigenvalue weighted by molar-refractivity contribution is 5.98. The van der Waals surface area contributed by atoms with Gasteiger partial charge in [0, 0.05) is 11.8 Å². The zero-order valence-electron chi connectivity index (χ0n) is 11.0. The van der Waals surface area contributed by atoms with E-state index in [2.05, 4.69) is 15.5 Å². The quantitative estimate of drug-likeness (QED) is 0.671. The largest absolute Gasteiger partial charge is 0.478 e. The number of nitrogens with zero attached hydrogens (tertiary/aromatic N) is 2. The molecule has 0 aliphatic carbocycles. The molecule has 0 aliphatic rings. The lowest BCUT2D eigenvalue weighted by Gasteiger charge is -2.06. The molecule has 1 aromatic heterocycles. The molecular formula is C14H10F3N3O2. The first-order chi connectivity index (χ1) is 10.4. The molecule has 0 fully saturated rings. The van der Waals surface area contributed by atoms with Gasteiger partial charge in [-0.15, -0.1) is 0 Å². The average Bonchev–Trinajstić information content (AvgIpc) is 2.47. The van der Waals surface area contributed by atoms with Crippen molar-refractivity contribution in [3.63, 3.8) is 0 Å². The van der Waals surface area contributed by atoms with Gasteiger partial charge in [-0.3, -0.25) is 5.43 Å². The van der Waals surface area contributed by atoms with Crippen LogP contribution in [0.5, 0.6) is 0 Å². The summed E-state index contributed by atoms with van der Waals surface area (Å²) >= 11 is 0. The van der Waals surface area contributed by atoms with Crippen molar-refractivity contribution in [1.29, 1.82) is 0 Å². The molecular weight excluding hydrogens is 299 g/mol. The lowest BCUT2D eigenvalue weighted by molar-refractivity contribution is -0.137. The van der Waals surface area contributed by atoms with E-state index in [9.17, 15) is 18.0 Å². The van der Waals surface area contributed by atoms with Crippen LogP contribution in [0.25, 0.3) is 0 Å². The minimum atomic E-state index is -4.45. The number of anilines is 1. The Morgan fingerprint density at radius 1 is 1.23 bits per heavy atom. The van der Waals surface area contributed by atoms with Gasteiger partial charge < -0.3 is 5.11 Å². The van der Waals surface area contributed by atoms with Gasteiger partial charge in [-0.1, -0.05) is 18.2 Å². The van der Waals surface area contributed by atoms with E-state index in [1.54, 1.807) is 18.2 Å². The first-order valence-electron chi connectivity index (χ1n) is 6.02. The Morgan fingerprint density at radius 3 is 2.55 bits per heavy atom. The summed E-state index contributed by atoms with van der Waals surface area (Å²) in [5, 5.41) is 12.8. The lowest BCUT2D eigenvalue weighted by Crippen LogP contribution is -2.06. The fourth-order valence-corrected chi connectivity index (χ4v) is 1.60. The van der Waals surface area contributed by atoms with Gasteiger partial charge in [0.2, 0.25) is 0 Å². The normalized spacial score (nSPS) is 11.6. The number of carbonyl (C=O) groups is 1. The number of rotatable bonds is 4. The number of hydrogen-bond acceptors (Lipinski definition) is 4. The van der Waals surface area contributed by atoms with Gasteiger partial charge in [-0.2, -0.15) is 18.3 Å². The molecule has 0 saturated heterocycles. The van der Waals surface area contributed by atoms with Crippen LogP contribution >= 0.6 is 0 Å². The number of nitrogens with one attached hydrogen (secondary N) is 1. The van der Waals surface area contributed by atoms with Crippen LogP contribution < -0.4 is 5.43 Å². The second-order valence-corrected chi connectivity index (χ2v) is 4.19. The van der Waals surface area contributed by atoms with Crippen molar-refractivity contribution >= 4 is 18.0 Å². The van der Waals surface area contributed by atoms with Gasteiger partial charge in [0.15, 0.2) is 0 Å². The fraction of sp³-hybridized carbons (Fsp3) is 0.0714. The molecule has 22 heavy (non-hydrogen) atoms. The van der Waals surface area contributed by atoms with Gasteiger partial charge >= 0.3 is 12.1 Å². The van der Waals surface area contributed by atoms with E-state index in [-0.39, 0.29) is 11.4 Å². The van der Waals surface area contributed by atoms with Crippen LogP contribution in [0.2, 0.25) is 0 Å². The Balaban J connectivity index is 2.09. The Kier molecular flexibility index (Phi) is 4.40. The van der Waals surface area contributed by atoms with Crippen molar-refractivity contribution in [2.75, 3.05) is 5.43 Å². The number of halogens is 3. The third kappa shape index (κ3) is 3.81. The molecule has 0 radical (unpaired) electrons. The molecule has 114 valence electrons. The maximum absolute atomic E-state index is 12.4. The summed E-state index contributed by atoms with van der Waals surface area (Å²) in [5.41, 5.74) is 1.99. The summed E-state index contributed by atoms with van der Waals surface area (Å²) in [6.45, 7) is 0. The Hall–Kier alpha value is -2.90. The monoisotopic (exact) mass is 309 g/mol. The molecule has 5 nitrogen and oxygen atoms in total. The third-order valence-corrected chi connectivity index (χ3v) is 2.66. The van der Waals surface area contributed by atoms with Gasteiger partial charge in [-0.05, 0) is 18.2 Å². The molecule has 0 aliphatic heterocycles. The van der Waals surface area contributed by atoms with Gasteiger partial charge in [0.1, 0.15) is 5.82 Å². The number of benzene rings is 1. The van der Waals surface area contributed by atoms with Crippen molar-refractivity contribution < 1.29 is 23.1 Å². The van der Waals surface area contributed by atoms with Crippen LogP contribution in [0.3, 0.4) is 0 Å². The summed E-state index contributed by atoms with van der Waals surface area (Å²) in [7, 11) is 0. The summed E-state index contributed by atoms with van der Waals surface area (Å²) in [5.74, 6) is -0.994. The number of alkyl halides is 3. The summed E-state index contributed by atoms with van der Waals surface area (Å²) < 4.78 is 37.1. The molecule has 8 heteroatoms. The highest BCUT2D eigenvalue weighted by Crippen LogP contribution is 2.28. The van der Waals surface area contributed by atoms with Crippen LogP contribution in [0.4, 0.5) is 19.0 Å². The van der Waals surface area contributed by atoms with Crippen molar-refractivity contribution in [3.05, 3.63) is 59.3 Å². The predicted molar refractivity (Wildman–Crippen MR) is 73.9 cm³/mol. The van der Waals surface area contributed by atoms with Crippen molar-refractivity contribution in [2.45, 2.75) is 6.18 Å². The van der Waals surface area contributed by atoms with Gasteiger partial charge in [-0.25, -0.2) is 9.78 Å². The predicted octanol–water partition coefficient (Wildman–Crippen LogP) is 3.24. The second-order valence-electron chi connectivity index (χ2n) is 4.19. The third-order valence-electron chi connectivity index (χ3n) is 2.66. The Morgan fingerprint density at radius 2 is 1.95 bits per heavy atom. The highest BCUT2D eigenvalue weighted by Gasteiger charge is 2.30. The number of aromatic carboxylic acids is 1. The Labute approximate surface area is 123 Å². The molecule has 0 atom stereocenters. The number of hydrogen-bond donors (Lipinski definition) is 2. The van der Waals surface area contributed by atoms with E-state index in [1.165, 1.54) is 12.3 Å². The molecule has 0 spiro atoms. The highest BCUT2D eigenvalue weighted by atomic mass is 19.4. The smallest absolute Gasteiger partial charge is 0.417 e. The van der Waals surface area contributed by atoms with Crippen molar-refractivity contribution in [1.82, 2.24) is 4.98 Å². The second kappa shape index (κ2) is 6.25. The lowest BCUT2D eigenvalue weighted by atomic mass is 10.1. The first-order valence-corrected chi connectivity index (χ1v) is 6.02. The van der Waals surface area contributed by atoms with Gasteiger partial charge in [0.25, 0.3) is 0 Å². The maximum Gasteiger partial charge on any atom is 0.417 e. The number of hydrazone groups is 1. The summed E-state index contributed by atoms with van der Waals surface area (Å²) in [4.78, 5) is 14.6. The Bertz CT molecular complexity index is 697. The molecule has 2 aromatic rings. The molecule has 0 saturated carbocycles. The van der Waals surface area contributed by atoms with E-state index in [1.807, 2.05) is 0 Å². The van der Waals surface area contributed by atoms with Crippen LogP contribution in [0.15, 0.2) is 47.7 Å². The molecule has 0 bridgehead atoms. The molecule has 0 amide bonds. The molecule has 1 heterocycles. The van der Waals surface area contributed by atoms with Crippen LogP contribution in [0, 0.1) is 0 Å². The minimum Gasteiger partial charge on any atom is -0.478 e. The van der Waals surface area contributed by atoms with Crippen molar-refractivity contribution in [3.8, 4) is 0 Å². The molecule has 0 unspecified atom stereocenters. The number of carboxylic acid groups (broad SMARTS) is 1. The van der Waals surface area contributed by atoms with Crippen molar-refractivity contribution in [2.24, 2.45) is 5.10 Å². The van der Waals surface area contributed by atoms with Gasteiger partial charge in [0.05, 0.1) is 17.3 Å². The standard InChI is InChI=1S/C14H10F3N3O2/c15-14(16,17)10-5-6-12(18-8-10)20-19-7-9-3-1-2-4-11(9)13(21)22/h1-8H,(H,18,20)(H,21,22). The summed E-state index contributed by atoms with van der Waals surface area (Å²) in [6.07, 6.45) is -2.51. The first kappa shape index (κ1) is 15.5. The fourth-order valence-electron chi connectivity index (χ4n) is 1.60. The maximum atomic E-state index is 12.4. The topological polar surface area (TPSA) is 74.6 Å². The average molecular weight is 309 g/mol. The summed E-state index contributed by atoms with van der Waals surface area (Å²) in [6, 6.07) is 8.18. The van der Waals surface area contributed by atoms with E-state index in [0.29, 0.717) is 11.8 Å². The van der Waals surface area contributed by atoms with E-state index in [4.69, 9.17) is 5.11 Å². The molecule has 1 aromatic carbocycles. The zero-order chi connectivity index (χ0) is 16.2. The van der Waals surface area contributed by atoms with Crippen LogP contribution in [-0.4, -0.2) is 22.3 Å². The number of aromatic nitrogens is 1. The molecule has 2 N–H and O–H groups in total. The zero-order valence-corrected chi connectivity index (χ0v) is 11.0. The number of carboxylic acids is 1.